The van der Waals surface area contributed by atoms with Crippen molar-refractivity contribution in [1.82, 2.24) is 0 Å². The lowest BCUT2D eigenvalue weighted by atomic mass is 10.2. The van der Waals surface area contributed by atoms with Gasteiger partial charge >= 0.3 is 0 Å². The molecule has 20 heavy (non-hydrogen) atoms. The molecule has 0 aliphatic heterocycles. The van der Waals surface area contributed by atoms with Crippen LogP contribution in [0.2, 0.25) is 5.02 Å². The van der Waals surface area contributed by atoms with Crippen molar-refractivity contribution in [3.05, 3.63) is 52.8 Å². The zero-order valence-corrected chi connectivity index (χ0v) is 12.0. The number of benzene rings is 2. The summed E-state index contributed by atoms with van der Waals surface area (Å²) in [4.78, 5) is 0. The zero-order chi connectivity index (χ0) is 14.5. The van der Waals surface area contributed by atoms with E-state index in [1.165, 1.54) is 7.11 Å². The Hall–Kier alpha value is -1.94. The summed E-state index contributed by atoms with van der Waals surface area (Å²) in [6.07, 6.45) is 0. The summed E-state index contributed by atoms with van der Waals surface area (Å²) in [5.74, 6) is 0.476. The molecular weight excluding hydrogens is 281 g/mol. The molecule has 106 valence electrons. The highest BCUT2D eigenvalue weighted by Gasteiger charge is 2.08. The molecule has 0 saturated heterocycles. The summed E-state index contributed by atoms with van der Waals surface area (Å²) < 4.78 is 24.0. The van der Waals surface area contributed by atoms with Crippen molar-refractivity contribution in [2.24, 2.45) is 0 Å². The second kappa shape index (κ2) is 6.48. The van der Waals surface area contributed by atoms with E-state index in [-0.39, 0.29) is 11.6 Å². The van der Waals surface area contributed by atoms with Crippen LogP contribution >= 0.6 is 11.6 Å². The van der Waals surface area contributed by atoms with Gasteiger partial charge in [0.25, 0.3) is 0 Å². The predicted octanol–water partition coefficient (Wildman–Crippen LogP) is 4.11. The minimum Gasteiger partial charge on any atom is -0.495 e. The van der Waals surface area contributed by atoms with E-state index in [0.717, 1.165) is 5.69 Å². The summed E-state index contributed by atoms with van der Waals surface area (Å²) in [5.41, 5.74) is 1.31. The fraction of sp³-hybridized carbons (Fsp3) is 0.200. The summed E-state index contributed by atoms with van der Waals surface area (Å²) in [7, 11) is 3.00. The van der Waals surface area contributed by atoms with E-state index in [1.807, 2.05) is 6.07 Å². The highest BCUT2D eigenvalue weighted by molar-refractivity contribution is 6.32. The number of halogens is 2. The number of nitrogens with one attached hydrogen (secondary N) is 1. The van der Waals surface area contributed by atoms with E-state index < -0.39 is 0 Å². The van der Waals surface area contributed by atoms with Gasteiger partial charge in [0.15, 0.2) is 11.6 Å². The van der Waals surface area contributed by atoms with Crippen LogP contribution in [0.5, 0.6) is 11.5 Å². The Morgan fingerprint density at radius 1 is 1.10 bits per heavy atom. The van der Waals surface area contributed by atoms with Crippen LogP contribution in [0.4, 0.5) is 10.1 Å². The maximum Gasteiger partial charge on any atom is 0.170 e. The van der Waals surface area contributed by atoms with E-state index in [9.17, 15) is 4.39 Å². The standard InChI is InChI=1S/C15H15ClFNO2/c1-19-13-7-6-11(8-12(13)16)18-9-10-4-3-5-14(20-2)15(10)17/h3-8,18H,9H2,1-2H3. The van der Waals surface area contributed by atoms with Gasteiger partial charge in [-0.15, -0.1) is 0 Å². The molecule has 0 bridgehead atoms. The van der Waals surface area contributed by atoms with Gasteiger partial charge in [-0.25, -0.2) is 4.39 Å². The molecule has 0 saturated carbocycles. The Morgan fingerprint density at radius 2 is 1.85 bits per heavy atom. The van der Waals surface area contributed by atoms with Crippen LogP contribution in [0.3, 0.4) is 0 Å². The largest absolute Gasteiger partial charge is 0.495 e. The van der Waals surface area contributed by atoms with E-state index in [0.29, 0.717) is 22.9 Å². The van der Waals surface area contributed by atoms with E-state index in [2.05, 4.69) is 5.32 Å². The SMILES string of the molecule is COc1ccc(NCc2cccc(OC)c2F)cc1Cl. The summed E-state index contributed by atoms with van der Waals surface area (Å²) in [5, 5.41) is 3.61. The first-order valence-electron chi connectivity index (χ1n) is 6.04. The molecular formula is C15H15ClFNO2. The van der Waals surface area contributed by atoms with Gasteiger partial charge < -0.3 is 14.8 Å². The zero-order valence-electron chi connectivity index (χ0n) is 11.2. The van der Waals surface area contributed by atoms with Crippen molar-refractivity contribution in [2.75, 3.05) is 19.5 Å². The normalized spacial score (nSPS) is 10.2. The second-order valence-corrected chi connectivity index (χ2v) is 4.54. The molecule has 0 aliphatic carbocycles. The van der Waals surface area contributed by atoms with Crippen LogP contribution in [0.25, 0.3) is 0 Å². The molecule has 0 atom stereocenters. The number of anilines is 1. The first-order chi connectivity index (χ1) is 9.65. The topological polar surface area (TPSA) is 30.5 Å². The highest BCUT2D eigenvalue weighted by atomic mass is 35.5. The Labute approximate surface area is 122 Å². The van der Waals surface area contributed by atoms with Gasteiger partial charge in [-0.2, -0.15) is 0 Å². The van der Waals surface area contributed by atoms with E-state index in [1.54, 1.807) is 37.4 Å². The van der Waals surface area contributed by atoms with Crippen LogP contribution in [-0.2, 0) is 6.54 Å². The van der Waals surface area contributed by atoms with E-state index in [4.69, 9.17) is 21.1 Å². The first kappa shape index (κ1) is 14.5. The summed E-state index contributed by atoms with van der Waals surface area (Å²) in [6, 6.07) is 10.4. The smallest absolute Gasteiger partial charge is 0.170 e. The molecule has 0 heterocycles. The first-order valence-corrected chi connectivity index (χ1v) is 6.42. The van der Waals surface area contributed by atoms with Gasteiger partial charge in [-0.3, -0.25) is 0 Å². The summed E-state index contributed by atoms with van der Waals surface area (Å²) in [6.45, 7) is 0.339. The van der Waals surface area contributed by atoms with Gasteiger partial charge in [0.1, 0.15) is 5.75 Å². The lowest BCUT2D eigenvalue weighted by Crippen LogP contribution is -2.03. The Balaban J connectivity index is 2.11. The minimum atomic E-state index is -0.359. The molecule has 0 unspecified atom stereocenters. The minimum absolute atomic E-state index is 0.233. The maximum atomic E-state index is 14.0. The molecule has 3 nitrogen and oxygen atoms in total. The quantitative estimate of drug-likeness (QED) is 0.900. The Bertz CT molecular complexity index is 604. The summed E-state index contributed by atoms with van der Waals surface area (Å²) >= 11 is 6.03. The molecule has 2 aromatic rings. The third-order valence-electron chi connectivity index (χ3n) is 2.90. The average Bonchev–Trinajstić information content (AvgIpc) is 2.46. The fourth-order valence-electron chi connectivity index (χ4n) is 1.82. The molecule has 5 heteroatoms. The van der Waals surface area contributed by atoms with Crippen molar-refractivity contribution in [1.29, 1.82) is 0 Å². The van der Waals surface area contributed by atoms with Gasteiger partial charge in [0.2, 0.25) is 0 Å². The number of ether oxygens (including phenoxy) is 2. The molecule has 2 aromatic carbocycles. The van der Waals surface area contributed by atoms with Crippen molar-refractivity contribution >= 4 is 17.3 Å². The van der Waals surface area contributed by atoms with Crippen LogP contribution in [0.15, 0.2) is 36.4 Å². The van der Waals surface area contributed by atoms with Gasteiger partial charge in [0.05, 0.1) is 19.2 Å². The third kappa shape index (κ3) is 3.14. The van der Waals surface area contributed by atoms with Crippen LogP contribution in [0, 0.1) is 5.82 Å². The maximum absolute atomic E-state index is 14.0. The van der Waals surface area contributed by atoms with E-state index >= 15 is 0 Å². The van der Waals surface area contributed by atoms with Crippen molar-refractivity contribution in [3.63, 3.8) is 0 Å². The Kier molecular flexibility index (Phi) is 4.69. The van der Waals surface area contributed by atoms with Gasteiger partial charge in [0, 0.05) is 17.8 Å². The fourth-order valence-corrected chi connectivity index (χ4v) is 2.08. The average molecular weight is 296 g/mol. The number of hydrogen-bond acceptors (Lipinski definition) is 3. The van der Waals surface area contributed by atoms with Crippen LogP contribution in [0.1, 0.15) is 5.56 Å². The molecule has 1 N–H and O–H groups in total. The lowest BCUT2D eigenvalue weighted by Gasteiger charge is -2.11. The van der Waals surface area contributed by atoms with Crippen molar-refractivity contribution in [3.8, 4) is 11.5 Å². The number of hydrogen-bond donors (Lipinski definition) is 1. The Morgan fingerprint density at radius 3 is 2.50 bits per heavy atom. The molecule has 0 fully saturated rings. The van der Waals surface area contributed by atoms with Gasteiger partial charge in [-0.1, -0.05) is 23.7 Å². The number of rotatable bonds is 5. The van der Waals surface area contributed by atoms with Crippen molar-refractivity contribution in [2.45, 2.75) is 6.54 Å². The number of methoxy groups -OCH3 is 2. The highest BCUT2D eigenvalue weighted by Crippen LogP contribution is 2.28. The molecule has 0 aliphatic rings. The molecule has 0 amide bonds. The predicted molar refractivity (Wildman–Crippen MR) is 78.3 cm³/mol. The molecule has 0 aromatic heterocycles. The monoisotopic (exact) mass is 295 g/mol. The molecule has 0 spiro atoms. The van der Waals surface area contributed by atoms with Crippen LogP contribution in [-0.4, -0.2) is 14.2 Å². The van der Waals surface area contributed by atoms with Gasteiger partial charge in [-0.05, 0) is 24.3 Å². The van der Waals surface area contributed by atoms with Crippen molar-refractivity contribution < 1.29 is 13.9 Å². The van der Waals surface area contributed by atoms with Crippen LogP contribution < -0.4 is 14.8 Å². The third-order valence-corrected chi connectivity index (χ3v) is 3.19. The lowest BCUT2D eigenvalue weighted by molar-refractivity contribution is 0.384. The molecule has 0 radical (unpaired) electrons. The molecule has 2 rings (SSSR count). The second-order valence-electron chi connectivity index (χ2n) is 4.14.